The fourth-order valence-corrected chi connectivity index (χ4v) is 4.95. The van der Waals surface area contributed by atoms with Crippen LogP contribution < -0.4 is 24.5 Å². The highest BCUT2D eigenvalue weighted by Crippen LogP contribution is 2.33. The lowest BCUT2D eigenvalue weighted by Gasteiger charge is -2.24. The highest BCUT2D eigenvalue weighted by molar-refractivity contribution is 7.92. The molecule has 0 aliphatic carbocycles. The Morgan fingerprint density at radius 3 is 2.24 bits per heavy atom. The van der Waals surface area contributed by atoms with Crippen LogP contribution in [0.1, 0.15) is 25.0 Å². The number of hydrazone groups is 1. The summed E-state index contributed by atoms with van der Waals surface area (Å²) in [6.45, 7) is 4.39. The van der Waals surface area contributed by atoms with Crippen molar-refractivity contribution < 1.29 is 27.5 Å². The van der Waals surface area contributed by atoms with Gasteiger partial charge in [0.2, 0.25) is 5.91 Å². The Bertz CT molecular complexity index is 1450. The second-order valence-electron chi connectivity index (χ2n) is 8.36. The van der Waals surface area contributed by atoms with E-state index in [0.29, 0.717) is 28.5 Å². The molecular formula is C27H30N4O6S. The van der Waals surface area contributed by atoms with E-state index in [-0.39, 0.29) is 16.5 Å². The molecule has 3 aromatic carbocycles. The van der Waals surface area contributed by atoms with E-state index in [2.05, 4.69) is 15.8 Å². The number of hydrogen-bond donors (Lipinski definition) is 2. The number of sulfonamides is 1. The van der Waals surface area contributed by atoms with E-state index < -0.39 is 22.5 Å². The molecule has 200 valence electrons. The van der Waals surface area contributed by atoms with E-state index in [9.17, 15) is 18.0 Å². The molecule has 0 atom stereocenters. The number of ether oxygens (including phenoxy) is 2. The Hall–Kier alpha value is -4.38. The molecule has 2 N–H and O–H groups in total. The van der Waals surface area contributed by atoms with Gasteiger partial charge in [0.25, 0.3) is 15.9 Å². The largest absolute Gasteiger partial charge is 0.493 e. The number of amides is 2. The summed E-state index contributed by atoms with van der Waals surface area (Å²) < 4.78 is 38.8. The van der Waals surface area contributed by atoms with Gasteiger partial charge in [-0.25, -0.2) is 13.8 Å². The van der Waals surface area contributed by atoms with Gasteiger partial charge in [-0.15, -0.1) is 0 Å². The smallest absolute Gasteiger partial charge is 0.264 e. The molecule has 0 spiro atoms. The first kappa shape index (κ1) is 28.2. The number of carbonyl (C=O) groups is 2. The lowest BCUT2D eigenvalue weighted by atomic mass is 10.1. The highest BCUT2D eigenvalue weighted by Gasteiger charge is 2.28. The summed E-state index contributed by atoms with van der Waals surface area (Å²) in [4.78, 5) is 24.3. The van der Waals surface area contributed by atoms with Crippen molar-refractivity contribution in [2.75, 3.05) is 30.4 Å². The van der Waals surface area contributed by atoms with Crippen molar-refractivity contribution in [1.29, 1.82) is 0 Å². The van der Waals surface area contributed by atoms with E-state index >= 15 is 0 Å². The van der Waals surface area contributed by atoms with Gasteiger partial charge >= 0.3 is 0 Å². The van der Waals surface area contributed by atoms with Crippen molar-refractivity contribution in [3.8, 4) is 11.5 Å². The quantitative estimate of drug-likeness (QED) is 0.299. The zero-order chi connectivity index (χ0) is 27.9. The summed E-state index contributed by atoms with van der Waals surface area (Å²) >= 11 is 0. The number of carbonyl (C=O) groups excluding carboxylic acids is 2. The fourth-order valence-electron chi connectivity index (χ4n) is 3.53. The van der Waals surface area contributed by atoms with Crippen molar-refractivity contribution in [2.24, 2.45) is 5.10 Å². The number of nitrogens with one attached hydrogen (secondary N) is 2. The Morgan fingerprint density at radius 2 is 1.61 bits per heavy atom. The molecule has 0 radical (unpaired) electrons. The van der Waals surface area contributed by atoms with Crippen molar-refractivity contribution in [2.45, 2.75) is 25.7 Å². The van der Waals surface area contributed by atoms with Crippen LogP contribution in [0.2, 0.25) is 0 Å². The van der Waals surface area contributed by atoms with Crippen LogP contribution in [-0.4, -0.2) is 46.7 Å². The van der Waals surface area contributed by atoms with Gasteiger partial charge in [-0.05, 0) is 55.8 Å². The first-order valence-electron chi connectivity index (χ1n) is 11.6. The molecular weight excluding hydrogens is 508 g/mol. The molecule has 38 heavy (non-hydrogen) atoms. The highest BCUT2D eigenvalue weighted by atomic mass is 32.2. The van der Waals surface area contributed by atoms with Crippen LogP contribution in [-0.2, 0) is 19.6 Å². The van der Waals surface area contributed by atoms with Crippen LogP contribution in [0.3, 0.4) is 0 Å². The number of aryl methyl sites for hydroxylation is 1. The third-order valence-corrected chi connectivity index (χ3v) is 7.29. The van der Waals surface area contributed by atoms with Gasteiger partial charge in [0.15, 0.2) is 11.5 Å². The minimum Gasteiger partial charge on any atom is -0.493 e. The SMILES string of the molecule is COc1ccc(N(CC(=O)N/N=C(\C)c2cccc(NC(C)=O)c2)S(=O)(=O)c2ccc(C)cc2)cc1OC. The van der Waals surface area contributed by atoms with Crippen molar-refractivity contribution in [3.05, 3.63) is 77.9 Å². The molecule has 0 unspecified atom stereocenters. The summed E-state index contributed by atoms with van der Waals surface area (Å²) in [5, 5.41) is 6.82. The van der Waals surface area contributed by atoms with Gasteiger partial charge < -0.3 is 14.8 Å². The number of benzene rings is 3. The summed E-state index contributed by atoms with van der Waals surface area (Å²) in [5.74, 6) is -0.152. The average Bonchev–Trinajstić information content (AvgIpc) is 2.89. The Kier molecular flexibility index (Phi) is 9.08. The van der Waals surface area contributed by atoms with E-state index in [1.54, 1.807) is 49.4 Å². The van der Waals surface area contributed by atoms with Gasteiger partial charge in [0, 0.05) is 18.7 Å². The zero-order valence-corrected chi connectivity index (χ0v) is 22.6. The van der Waals surface area contributed by atoms with Gasteiger partial charge in [-0.3, -0.25) is 13.9 Å². The predicted octanol–water partition coefficient (Wildman–Crippen LogP) is 3.71. The van der Waals surface area contributed by atoms with E-state index in [4.69, 9.17) is 9.47 Å². The molecule has 0 saturated carbocycles. The van der Waals surface area contributed by atoms with Gasteiger partial charge in [0.1, 0.15) is 6.54 Å². The average molecular weight is 539 g/mol. The first-order chi connectivity index (χ1) is 18.0. The molecule has 0 aliphatic rings. The molecule has 2 amide bonds. The monoisotopic (exact) mass is 538 g/mol. The predicted molar refractivity (Wildman–Crippen MR) is 146 cm³/mol. The van der Waals surface area contributed by atoms with Crippen LogP contribution in [0.15, 0.2) is 76.7 Å². The van der Waals surface area contributed by atoms with Crippen molar-refractivity contribution in [3.63, 3.8) is 0 Å². The van der Waals surface area contributed by atoms with Crippen molar-refractivity contribution in [1.82, 2.24) is 5.43 Å². The summed E-state index contributed by atoms with van der Waals surface area (Å²) in [6.07, 6.45) is 0. The minimum atomic E-state index is -4.13. The van der Waals surface area contributed by atoms with E-state index in [1.165, 1.54) is 45.4 Å². The molecule has 0 fully saturated rings. The molecule has 3 aromatic rings. The van der Waals surface area contributed by atoms with Crippen LogP contribution >= 0.6 is 0 Å². The number of anilines is 2. The number of nitrogens with zero attached hydrogens (tertiary/aromatic N) is 2. The third kappa shape index (κ3) is 6.88. The van der Waals surface area contributed by atoms with Gasteiger partial charge in [-0.2, -0.15) is 5.10 Å². The Labute approximate surface area is 222 Å². The maximum atomic E-state index is 13.6. The van der Waals surface area contributed by atoms with Crippen LogP contribution in [0.5, 0.6) is 11.5 Å². The number of methoxy groups -OCH3 is 2. The zero-order valence-electron chi connectivity index (χ0n) is 21.8. The van der Waals surface area contributed by atoms with Gasteiger partial charge in [0.05, 0.1) is 30.5 Å². The summed E-state index contributed by atoms with van der Waals surface area (Å²) in [6, 6.07) is 17.9. The van der Waals surface area contributed by atoms with Crippen molar-refractivity contribution >= 4 is 38.9 Å². The molecule has 0 saturated heterocycles. The van der Waals surface area contributed by atoms with Crippen LogP contribution in [0.25, 0.3) is 0 Å². The molecule has 0 aromatic heterocycles. The topological polar surface area (TPSA) is 126 Å². The van der Waals surface area contributed by atoms with Gasteiger partial charge in [-0.1, -0.05) is 29.8 Å². The fraction of sp³-hybridized carbons (Fsp3) is 0.222. The maximum absolute atomic E-state index is 13.6. The molecule has 10 nitrogen and oxygen atoms in total. The molecule has 0 aliphatic heterocycles. The summed E-state index contributed by atoms with van der Waals surface area (Å²) in [7, 11) is -1.22. The number of rotatable bonds is 10. The van der Waals surface area contributed by atoms with Crippen LogP contribution in [0, 0.1) is 6.92 Å². The van der Waals surface area contributed by atoms with E-state index in [0.717, 1.165) is 9.87 Å². The first-order valence-corrected chi connectivity index (χ1v) is 13.0. The normalized spacial score (nSPS) is 11.4. The standard InChI is InChI=1S/C27H30N4O6S/c1-18-9-12-24(13-10-18)38(34,35)31(23-11-14-25(36-4)26(16-23)37-5)17-27(33)30-29-19(2)21-7-6-8-22(15-21)28-20(3)32/h6-16H,17H2,1-5H3,(H,28,32)(H,30,33)/b29-19+. The van der Waals surface area contributed by atoms with E-state index in [1.807, 2.05) is 6.92 Å². The minimum absolute atomic E-state index is 0.0279. The second kappa shape index (κ2) is 12.2. The lowest BCUT2D eigenvalue weighted by molar-refractivity contribution is -0.119. The maximum Gasteiger partial charge on any atom is 0.264 e. The molecule has 3 rings (SSSR count). The molecule has 0 bridgehead atoms. The molecule has 11 heteroatoms. The Balaban J connectivity index is 1.91. The van der Waals surface area contributed by atoms with Crippen LogP contribution in [0.4, 0.5) is 11.4 Å². The summed E-state index contributed by atoms with van der Waals surface area (Å²) in [5.41, 5.74) is 5.24. The second-order valence-corrected chi connectivity index (χ2v) is 10.2. The lowest BCUT2D eigenvalue weighted by Crippen LogP contribution is -2.39. The molecule has 0 heterocycles. The number of hydrogen-bond acceptors (Lipinski definition) is 7. The third-order valence-electron chi connectivity index (χ3n) is 5.50. The Morgan fingerprint density at radius 1 is 0.921 bits per heavy atom.